The maximum absolute atomic E-state index is 12.4. The summed E-state index contributed by atoms with van der Waals surface area (Å²) in [7, 11) is 0. The van der Waals surface area contributed by atoms with Crippen LogP contribution in [-0.4, -0.2) is 11.8 Å². The highest BCUT2D eigenvalue weighted by molar-refractivity contribution is 14.1. The van der Waals surface area contributed by atoms with Crippen molar-refractivity contribution in [3.05, 3.63) is 110 Å². The fourth-order valence-corrected chi connectivity index (χ4v) is 3.32. The number of allylic oxidation sites excluding steroid dienone is 1. The normalized spacial score (nSPS) is 10.8. The first-order chi connectivity index (χ1) is 13.5. The predicted octanol–water partition coefficient (Wildman–Crippen LogP) is 5.85. The number of benzene rings is 3. The molecule has 0 radical (unpaired) electrons. The smallest absolute Gasteiger partial charge is 0.339 e. The lowest BCUT2D eigenvalue weighted by atomic mass is 10.1. The van der Waals surface area contributed by atoms with Gasteiger partial charge in [0.25, 0.3) is 0 Å². The maximum Gasteiger partial charge on any atom is 0.339 e. The number of ketones is 1. The molecule has 0 N–H and O–H groups in total. The molecule has 3 nitrogen and oxygen atoms in total. The van der Waals surface area contributed by atoms with Crippen molar-refractivity contribution in [1.29, 1.82) is 0 Å². The van der Waals surface area contributed by atoms with Gasteiger partial charge in [0.1, 0.15) is 6.61 Å². The van der Waals surface area contributed by atoms with Crippen LogP contribution in [0.25, 0.3) is 6.08 Å². The number of esters is 1. The van der Waals surface area contributed by atoms with E-state index in [1.54, 1.807) is 30.4 Å². The zero-order chi connectivity index (χ0) is 19.9. The minimum Gasteiger partial charge on any atom is -0.457 e. The highest BCUT2D eigenvalue weighted by atomic mass is 127. The van der Waals surface area contributed by atoms with Gasteiger partial charge in [0.2, 0.25) is 0 Å². The summed E-state index contributed by atoms with van der Waals surface area (Å²) in [5.74, 6) is -0.509. The Morgan fingerprint density at radius 1 is 0.964 bits per heavy atom. The molecule has 4 heteroatoms. The summed E-state index contributed by atoms with van der Waals surface area (Å²) < 4.78 is 6.05. The van der Waals surface area contributed by atoms with Crippen LogP contribution in [0.2, 0.25) is 0 Å². The van der Waals surface area contributed by atoms with Gasteiger partial charge in [-0.1, -0.05) is 72.3 Å². The van der Waals surface area contributed by atoms with Crippen LogP contribution in [0.15, 0.2) is 78.9 Å². The highest BCUT2D eigenvalue weighted by Gasteiger charge is 2.14. The molecule has 0 heterocycles. The van der Waals surface area contributed by atoms with E-state index in [-0.39, 0.29) is 12.4 Å². The van der Waals surface area contributed by atoms with Gasteiger partial charge < -0.3 is 4.74 Å². The standard InChI is InChI=1S/C24H19IO3/c1-17-7-9-18(10-8-17)11-14-23(26)20-12-13-21(22(25)15-20)24(27)28-16-19-5-3-2-4-6-19/h2-15H,16H2,1H3/b14-11+. The number of aryl methyl sites for hydroxylation is 1. The largest absolute Gasteiger partial charge is 0.457 e. The molecule has 0 aromatic heterocycles. The third-order valence-electron chi connectivity index (χ3n) is 4.19. The van der Waals surface area contributed by atoms with Crippen molar-refractivity contribution in [2.24, 2.45) is 0 Å². The van der Waals surface area contributed by atoms with Crippen LogP contribution in [0.4, 0.5) is 0 Å². The van der Waals surface area contributed by atoms with Gasteiger partial charge in [-0.15, -0.1) is 0 Å². The van der Waals surface area contributed by atoms with E-state index >= 15 is 0 Å². The van der Waals surface area contributed by atoms with Gasteiger partial charge in [-0.05, 0) is 58.9 Å². The molecule has 0 aliphatic carbocycles. The van der Waals surface area contributed by atoms with Crippen molar-refractivity contribution in [2.75, 3.05) is 0 Å². The number of carbonyl (C=O) groups is 2. The lowest BCUT2D eigenvalue weighted by Crippen LogP contribution is -2.08. The van der Waals surface area contributed by atoms with Gasteiger partial charge >= 0.3 is 5.97 Å². The molecular weight excluding hydrogens is 463 g/mol. The molecule has 3 aromatic carbocycles. The number of halogens is 1. The van der Waals surface area contributed by atoms with Crippen LogP contribution in [-0.2, 0) is 11.3 Å². The minimum absolute atomic E-state index is 0.109. The lowest BCUT2D eigenvalue weighted by molar-refractivity contribution is 0.0471. The average molecular weight is 482 g/mol. The Morgan fingerprint density at radius 2 is 1.68 bits per heavy atom. The SMILES string of the molecule is Cc1ccc(/C=C/C(=O)c2ccc(C(=O)OCc3ccccc3)c(I)c2)cc1. The molecule has 140 valence electrons. The molecule has 3 aromatic rings. The third-order valence-corrected chi connectivity index (χ3v) is 5.08. The molecule has 0 fully saturated rings. The van der Waals surface area contributed by atoms with Gasteiger partial charge in [0.05, 0.1) is 5.56 Å². The molecule has 0 saturated carbocycles. The van der Waals surface area contributed by atoms with Crippen LogP contribution < -0.4 is 0 Å². The Balaban J connectivity index is 1.66. The molecule has 0 atom stereocenters. The summed E-state index contributed by atoms with van der Waals surface area (Å²) in [5, 5.41) is 0. The monoisotopic (exact) mass is 482 g/mol. The second-order valence-electron chi connectivity index (χ2n) is 6.36. The van der Waals surface area contributed by atoms with Gasteiger partial charge in [0.15, 0.2) is 5.78 Å². The van der Waals surface area contributed by atoms with E-state index < -0.39 is 5.97 Å². The van der Waals surface area contributed by atoms with Crippen molar-refractivity contribution in [3.8, 4) is 0 Å². The number of hydrogen-bond acceptors (Lipinski definition) is 3. The molecule has 0 spiro atoms. The summed E-state index contributed by atoms with van der Waals surface area (Å²) >= 11 is 2.06. The summed E-state index contributed by atoms with van der Waals surface area (Å²) in [6, 6.07) is 22.5. The topological polar surface area (TPSA) is 43.4 Å². The van der Waals surface area contributed by atoms with E-state index in [1.807, 2.05) is 61.5 Å². The van der Waals surface area contributed by atoms with Crippen LogP contribution in [0, 0.1) is 10.5 Å². The highest BCUT2D eigenvalue weighted by Crippen LogP contribution is 2.18. The Kier molecular flexibility index (Phi) is 6.76. The molecule has 0 amide bonds. The Bertz CT molecular complexity index is 1010. The van der Waals surface area contributed by atoms with Gasteiger partial charge in [-0.2, -0.15) is 0 Å². The van der Waals surface area contributed by atoms with Gasteiger partial charge in [0, 0.05) is 9.13 Å². The summed E-state index contributed by atoms with van der Waals surface area (Å²) in [6.07, 6.45) is 3.33. The molecule has 3 rings (SSSR count). The van der Waals surface area contributed by atoms with E-state index in [0.29, 0.717) is 14.7 Å². The Hall–Kier alpha value is -2.73. The average Bonchev–Trinajstić information content (AvgIpc) is 2.72. The fourth-order valence-electron chi connectivity index (χ4n) is 2.58. The Morgan fingerprint density at radius 3 is 2.36 bits per heavy atom. The molecule has 28 heavy (non-hydrogen) atoms. The minimum atomic E-state index is -0.401. The molecule has 0 bridgehead atoms. The number of rotatable bonds is 6. The van der Waals surface area contributed by atoms with Crippen molar-refractivity contribution < 1.29 is 14.3 Å². The first-order valence-corrected chi connectivity index (χ1v) is 9.90. The molecule has 0 aliphatic heterocycles. The third kappa shape index (κ3) is 5.39. The molecule has 0 saturated heterocycles. The van der Waals surface area contributed by atoms with Crippen LogP contribution in [0.5, 0.6) is 0 Å². The second-order valence-corrected chi connectivity index (χ2v) is 7.53. The van der Waals surface area contributed by atoms with E-state index in [1.165, 1.54) is 5.56 Å². The van der Waals surface area contributed by atoms with Crippen molar-refractivity contribution >= 4 is 40.4 Å². The first-order valence-electron chi connectivity index (χ1n) is 8.82. The fraction of sp³-hybridized carbons (Fsp3) is 0.0833. The zero-order valence-corrected chi connectivity index (χ0v) is 17.6. The molecule has 0 aliphatic rings. The van der Waals surface area contributed by atoms with Crippen molar-refractivity contribution in [1.82, 2.24) is 0 Å². The second kappa shape index (κ2) is 9.46. The zero-order valence-electron chi connectivity index (χ0n) is 15.4. The number of ether oxygens (including phenoxy) is 1. The summed E-state index contributed by atoms with van der Waals surface area (Å²) in [5.41, 5.74) is 4.06. The maximum atomic E-state index is 12.4. The molecule has 0 unspecified atom stereocenters. The first kappa shape index (κ1) is 20.0. The number of carbonyl (C=O) groups excluding carboxylic acids is 2. The Labute approximate surface area is 178 Å². The summed E-state index contributed by atoms with van der Waals surface area (Å²) in [4.78, 5) is 24.8. The van der Waals surface area contributed by atoms with E-state index in [0.717, 1.165) is 11.1 Å². The van der Waals surface area contributed by atoms with E-state index in [9.17, 15) is 9.59 Å². The van der Waals surface area contributed by atoms with Gasteiger partial charge in [-0.25, -0.2) is 4.79 Å². The lowest BCUT2D eigenvalue weighted by Gasteiger charge is -2.07. The quantitative estimate of drug-likeness (QED) is 0.192. The van der Waals surface area contributed by atoms with Crippen molar-refractivity contribution in [3.63, 3.8) is 0 Å². The van der Waals surface area contributed by atoms with E-state index in [2.05, 4.69) is 22.6 Å². The number of hydrogen-bond donors (Lipinski definition) is 0. The predicted molar refractivity (Wildman–Crippen MR) is 119 cm³/mol. The van der Waals surface area contributed by atoms with Crippen LogP contribution >= 0.6 is 22.6 Å². The van der Waals surface area contributed by atoms with Crippen LogP contribution in [0.1, 0.15) is 37.4 Å². The van der Waals surface area contributed by atoms with Crippen molar-refractivity contribution in [2.45, 2.75) is 13.5 Å². The summed E-state index contributed by atoms with van der Waals surface area (Å²) in [6.45, 7) is 2.24. The van der Waals surface area contributed by atoms with Gasteiger partial charge in [-0.3, -0.25) is 4.79 Å². The van der Waals surface area contributed by atoms with E-state index in [4.69, 9.17) is 4.74 Å². The molecular formula is C24H19IO3. The van der Waals surface area contributed by atoms with Crippen LogP contribution in [0.3, 0.4) is 0 Å².